The zero-order valence-electron chi connectivity index (χ0n) is 23.2. The Morgan fingerprint density at radius 1 is 0.881 bits per heavy atom. The second-order valence-electron chi connectivity index (χ2n) is 8.47. The number of rotatable bonds is 13. The van der Waals surface area contributed by atoms with Gasteiger partial charge in [0.15, 0.2) is 29.6 Å². The molecule has 42 heavy (non-hydrogen) atoms. The van der Waals surface area contributed by atoms with Gasteiger partial charge in [0.2, 0.25) is 0 Å². The van der Waals surface area contributed by atoms with Crippen molar-refractivity contribution in [2.24, 2.45) is 5.10 Å². The molecule has 0 spiro atoms. The summed E-state index contributed by atoms with van der Waals surface area (Å²) in [5.74, 6) is -0.352. The van der Waals surface area contributed by atoms with E-state index in [1.165, 1.54) is 13.3 Å². The molecule has 0 atom stereocenters. The molecule has 13 heteroatoms. The minimum atomic E-state index is -0.922. The van der Waals surface area contributed by atoms with E-state index in [0.717, 1.165) is 5.56 Å². The molecule has 222 valence electrons. The summed E-state index contributed by atoms with van der Waals surface area (Å²) in [7, 11) is 3.08. The maximum absolute atomic E-state index is 12.4. The van der Waals surface area contributed by atoms with Gasteiger partial charge < -0.3 is 29.6 Å². The van der Waals surface area contributed by atoms with Crippen LogP contribution in [0.15, 0.2) is 59.7 Å². The number of hydrogen-bond acceptors (Lipinski definition) is 8. The number of nitrogens with zero attached hydrogens (tertiary/aromatic N) is 1. The minimum Gasteiger partial charge on any atom is -0.493 e. The van der Waals surface area contributed by atoms with E-state index in [1.54, 1.807) is 62.6 Å². The Bertz CT molecular complexity index is 1450. The van der Waals surface area contributed by atoms with Crippen molar-refractivity contribution in [3.8, 4) is 23.0 Å². The van der Waals surface area contributed by atoms with Crippen molar-refractivity contribution in [3.05, 3.63) is 75.8 Å². The summed E-state index contributed by atoms with van der Waals surface area (Å²) >= 11 is 12.1. The Labute approximate surface area is 253 Å². The van der Waals surface area contributed by atoms with Gasteiger partial charge in [-0.3, -0.25) is 14.4 Å². The van der Waals surface area contributed by atoms with Gasteiger partial charge in [0, 0.05) is 6.54 Å². The smallest absolute Gasteiger partial charge is 0.329 e. The van der Waals surface area contributed by atoms with Crippen LogP contribution in [0.3, 0.4) is 0 Å². The third-order valence-corrected chi connectivity index (χ3v) is 6.40. The summed E-state index contributed by atoms with van der Waals surface area (Å²) in [4.78, 5) is 36.6. The lowest BCUT2D eigenvalue weighted by Crippen LogP contribution is -2.38. The Balaban J connectivity index is 1.49. The van der Waals surface area contributed by atoms with Crippen molar-refractivity contribution in [2.75, 3.05) is 39.3 Å². The number of methoxy groups -OCH3 is 2. The molecular weight excluding hydrogens is 587 g/mol. The highest BCUT2D eigenvalue weighted by Gasteiger charge is 2.14. The first-order valence-corrected chi connectivity index (χ1v) is 13.5. The predicted molar refractivity (Wildman–Crippen MR) is 160 cm³/mol. The first-order chi connectivity index (χ1) is 20.2. The maximum Gasteiger partial charge on any atom is 0.329 e. The Morgan fingerprint density at radius 2 is 1.64 bits per heavy atom. The lowest BCUT2D eigenvalue weighted by molar-refractivity contribution is -0.139. The van der Waals surface area contributed by atoms with Crippen LogP contribution in [0.25, 0.3) is 0 Å². The molecule has 0 aliphatic carbocycles. The molecule has 3 aromatic carbocycles. The fourth-order valence-electron chi connectivity index (χ4n) is 3.58. The van der Waals surface area contributed by atoms with Gasteiger partial charge in [-0.1, -0.05) is 35.3 Å². The van der Waals surface area contributed by atoms with E-state index < -0.39 is 17.7 Å². The fourth-order valence-corrected chi connectivity index (χ4v) is 3.92. The largest absolute Gasteiger partial charge is 0.493 e. The number of carbonyl (C=O) groups is 3. The summed E-state index contributed by atoms with van der Waals surface area (Å²) in [6.45, 7) is 2.05. The third kappa shape index (κ3) is 9.28. The van der Waals surface area contributed by atoms with Crippen molar-refractivity contribution in [1.82, 2.24) is 10.7 Å². The maximum atomic E-state index is 12.4. The van der Waals surface area contributed by atoms with Crippen LogP contribution in [0.5, 0.6) is 23.0 Å². The summed E-state index contributed by atoms with van der Waals surface area (Å²) in [6, 6.07) is 15.1. The molecule has 0 unspecified atom stereocenters. The number of anilines is 1. The summed E-state index contributed by atoms with van der Waals surface area (Å²) < 4.78 is 21.7. The highest BCUT2D eigenvalue weighted by atomic mass is 35.5. The normalized spacial score (nSPS) is 10.6. The van der Waals surface area contributed by atoms with Crippen LogP contribution < -0.4 is 35.0 Å². The molecule has 0 aromatic heterocycles. The van der Waals surface area contributed by atoms with E-state index in [-0.39, 0.29) is 18.2 Å². The van der Waals surface area contributed by atoms with E-state index in [1.807, 2.05) is 6.07 Å². The van der Waals surface area contributed by atoms with E-state index >= 15 is 0 Å². The van der Waals surface area contributed by atoms with Crippen LogP contribution in [0, 0.1) is 0 Å². The molecule has 0 heterocycles. The molecule has 3 amide bonds. The molecule has 0 aliphatic rings. The number of nitrogens with one attached hydrogen (secondary N) is 3. The molecule has 11 nitrogen and oxygen atoms in total. The third-order valence-electron chi connectivity index (χ3n) is 5.59. The van der Waals surface area contributed by atoms with E-state index in [9.17, 15) is 14.4 Å². The number of carbonyl (C=O) groups excluding carboxylic acids is 3. The van der Waals surface area contributed by atoms with Gasteiger partial charge >= 0.3 is 11.8 Å². The number of ether oxygens (including phenoxy) is 4. The summed E-state index contributed by atoms with van der Waals surface area (Å²) in [6.07, 6.45) is 1.82. The summed E-state index contributed by atoms with van der Waals surface area (Å²) in [5.41, 5.74) is 4.00. The lowest BCUT2D eigenvalue weighted by atomic mass is 10.1. The topological polar surface area (TPSA) is 137 Å². The van der Waals surface area contributed by atoms with Gasteiger partial charge in [0.05, 0.1) is 42.8 Å². The zero-order valence-corrected chi connectivity index (χ0v) is 24.7. The number of hydrazone groups is 1. The van der Waals surface area contributed by atoms with Crippen molar-refractivity contribution in [2.45, 2.75) is 13.3 Å². The Morgan fingerprint density at radius 3 is 2.38 bits per heavy atom. The zero-order chi connectivity index (χ0) is 30.5. The first-order valence-electron chi connectivity index (χ1n) is 12.7. The second-order valence-corrected chi connectivity index (χ2v) is 9.26. The Hall–Kier alpha value is -4.48. The molecule has 3 aromatic rings. The quantitative estimate of drug-likeness (QED) is 0.148. The highest BCUT2D eigenvalue weighted by Crippen LogP contribution is 2.31. The molecule has 0 bridgehead atoms. The van der Waals surface area contributed by atoms with Gasteiger partial charge in [-0.2, -0.15) is 5.10 Å². The first kappa shape index (κ1) is 32.0. The predicted octanol–water partition coefficient (Wildman–Crippen LogP) is 4.24. The number of amides is 3. The van der Waals surface area contributed by atoms with Crippen LogP contribution in [-0.2, 0) is 20.8 Å². The Kier molecular flexibility index (Phi) is 12.3. The van der Waals surface area contributed by atoms with Crippen molar-refractivity contribution in [3.63, 3.8) is 0 Å². The second kappa shape index (κ2) is 16.1. The van der Waals surface area contributed by atoms with Crippen molar-refractivity contribution in [1.29, 1.82) is 0 Å². The fraction of sp³-hybridized carbons (Fsp3) is 0.241. The summed E-state index contributed by atoms with van der Waals surface area (Å²) in [5, 5.41) is 9.56. The standard InChI is InChI=1S/C29H30Cl2N4O7/c1-4-41-25-15-19(9-11-23(25)42-17-26(36)34-21-7-5-6-20(30)27(21)31)16-33-35-29(38)28(37)32-13-12-18-8-10-22(39-2)24(14-18)40-3/h5-11,14-16H,4,12-13,17H2,1-3H3,(H,32,37)(H,34,36)(H,35,38)/b33-16-. The lowest BCUT2D eigenvalue weighted by Gasteiger charge is -2.13. The molecular formula is C29H30Cl2N4O7. The molecule has 3 rings (SSSR count). The molecule has 3 N–H and O–H groups in total. The van der Waals surface area contributed by atoms with Gasteiger partial charge in [0.1, 0.15) is 0 Å². The molecule has 0 radical (unpaired) electrons. The molecule has 0 saturated carbocycles. The average Bonchev–Trinajstić information content (AvgIpc) is 2.99. The van der Waals surface area contributed by atoms with Crippen molar-refractivity contribution < 1.29 is 33.3 Å². The van der Waals surface area contributed by atoms with Gasteiger partial charge in [0.25, 0.3) is 5.91 Å². The van der Waals surface area contributed by atoms with Crippen LogP contribution >= 0.6 is 23.2 Å². The number of benzene rings is 3. The average molecular weight is 617 g/mol. The van der Waals surface area contributed by atoms with Crippen molar-refractivity contribution >= 4 is 52.8 Å². The van der Waals surface area contributed by atoms with E-state index in [2.05, 4.69) is 21.2 Å². The van der Waals surface area contributed by atoms with Crippen LogP contribution in [0.1, 0.15) is 18.1 Å². The van der Waals surface area contributed by atoms with Crippen LogP contribution in [0.2, 0.25) is 10.0 Å². The van der Waals surface area contributed by atoms with E-state index in [0.29, 0.717) is 52.3 Å². The van der Waals surface area contributed by atoms with Crippen LogP contribution in [0.4, 0.5) is 5.69 Å². The monoisotopic (exact) mass is 616 g/mol. The molecule has 0 fully saturated rings. The molecule has 0 aliphatic heterocycles. The SMILES string of the molecule is CCOc1cc(/C=N\NC(=O)C(=O)NCCc2ccc(OC)c(OC)c2)ccc1OCC(=O)Nc1cccc(Cl)c1Cl. The van der Waals surface area contributed by atoms with Gasteiger partial charge in [-0.25, -0.2) is 5.43 Å². The number of halogens is 2. The van der Waals surface area contributed by atoms with Crippen LogP contribution in [-0.4, -0.2) is 57.9 Å². The van der Waals surface area contributed by atoms with Gasteiger partial charge in [-0.05, 0) is 66.9 Å². The number of hydrogen-bond donors (Lipinski definition) is 3. The minimum absolute atomic E-state index is 0.227. The highest BCUT2D eigenvalue weighted by molar-refractivity contribution is 6.44. The molecule has 0 saturated heterocycles. The van der Waals surface area contributed by atoms with E-state index in [4.69, 9.17) is 42.1 Å². The van der Waals surface area contributed by atoms with Gasteiger partial charge in [-0.15, -0.1) is 0 Å².